The SMILES string of the molecule is [C-]#[N+]c1c(-c2c(-c3ccc4c(=O)[nH]nc(CC)c4c3)cnn2C)sc2ccc(Cl)cc12. The number of benzene rings is 2. The second-order valence-electron chi connectivity index (χ2n) is 7.18. The average molecular weight is 446 g/mol. The van der Waals surface area contributed by atoms with Crippen LogP contribution in [0, 0.1) is 6.57 Å². The lowest BCUT2D eigenvalue weighted by atomic mass is 10.00. The zero-order valence-electron chi connectivity index (χ0n) is 16.7. The van der Waals surface area contributed by atoms with Crippen molar-refractivity contribution in [2.45, 2.75) is 13.3 Å². The summed E-state index contributed by atoms with van der Waals surface area (Å²) in [7, 11) is 1.87. The molecule has 0 saturated heterocycles. The van der Waals surface area contributed by atoms with Crippen LogP contribution in [0.3, 0.4) is 0 Å². The van der Waals surface area contributed by atoms with Crippen molar-refractivity contribution in [2.24, 2.45) is 7.05 Å². The molecule has 0 aliphatic heterocycles. The van der Waals surface area contributed by atoms with Gasteiger partial charge in [-0.25, -0.2) is 9.94 Å². The van der Waals surface area contributed by atoms with Gasteiger partial charge in [0, 0.05) is 33.1 Å². The van der Waals surface area contributed by atoms with Gasteiger partial charge >= 0.3 is 0 Å². The average Bonchev–Trinajstić information content (AvgIpc) is 3.33. The molecule has 6 nitrogen and oxygen atoms in total. The minimum atomic E-state index is -0.207. The molecule has 0 unspecified atom stereocenters. The Kier molecular flexibility index (Phi) is 4.62. The van der Waals surface area contributed by atoms with E-state index in [9.17, 15) is 4.79 Å². The van der Waals surface area contributed by atoms with E-state index in [1.165, 1.54) is 0 Å². The van der Waals surface area contributed by atoms with E-state index >= 15 is 0 Å². The largest absolute Gasteiger partial charge is 0.272 e. The van der Waals surface area contributed by atoms with Gasteiger partial charge in [0.25, 0.3) is 5.56 Å². The Morgan fingerprint density at radius 1 is 1.19 bits per heavy atom. The first-order valence-electron chi connectivity index (χ1n) is 9.65. The summed E-state index contributed by atoms with van der Waals surface area (Å²) < 4.78 is 2.79. The van der Waals surface area contributed by atoms with E-state index in [0.717, 1.165) is 42.9 Å². The summed E-state index contributed by atoms with van der Waals surface area (Å²) in [5.41, 5.74) is 3.87. The number of aryl methyl sites for hydroxylation is 2. The summed E-state index contributed by atoms with van der Waals surface area (Å²) in [6.07, 6.45) is 2.50. The van der Waals surface area contributed by atoms with Crippen molar-refractivity contribution in [1.82, 2.24) is 20.0 Å². The summed E-state index contributed by atoms with van der Waals surface area (Å²) in [5, 5.41) is 14.1. The molecule has 0 radical (unpaired) electrons. The van der Waals surface area contributed by atoms with E-state index in [1.54, 1.807) is 22.2 Å². The van der Waals surface area contributed by atoms with Crippen molar-refractivity contribution in [3.8, 4) is 21.7 Å². The highest BCUT2D eigenvalue weighted by molar-refractivity contribution is 7.23. The van der Waals surface area contributed by atoms with Crippen LogP contribution in [-0.4, -0.2) is 20.0 Å². The predicted octanol–water partition coefficient (Wildman–Crippen LogP) is 5.97. The first-order valence-corrected chi connectivity index (χ1v) is 10.8. The number of thiophene rings is 1. The summed E-state index contributed by atoms with van der Waals surface area (Å²) in [6, 6.07) is 11.3. The van der Waals surface area contributed by atoms with Gasteiger partial charge in [0.1, 0.15) is 0 Å². The van der Waals surface area contributed by atoms with Crippen LogP contribution in [0.5, 0.6) is 0 Å². The fraction of sp³-hybridized carbons (Fsp3) is 0.130. The van der Waals surface area contributed by atoms with E-state index in [0.29, 0.717) is 22.5 Å². The Hall–Kier alpha value is -3.47. The van der Waals surface area contributed by atoms with Crippen LogP contribution in [0.25, 0.3) is 47.4 Å². The molecule has 5 aromatic rings. The predicted molar refractivity (Wildman–Crippen MR) is 126 cm³/mol. The van der Waals surface area contributed by atoms with Gasteiger partial charge < -0.3 is 0 Å². The van der Waals surface area contributed by atoms with Gasteiger partial charge in [0.05, 0.1) is 34.4 Å². The molecule has 1 N–H and O–H groups in total. The van der Waals surface area contributed by atoms with Crippen LogP contribution in [0.15, 0.2) is 47.4 Å². The van der Waals surface area contributed by atoms with Crippen molar-refractivity contribution >= 4 is 49.5 Å². The second-order valence-corrected chi connectivity index (χ2v) is 8.66. The van der Waals surface area contributed by atoms with Crippen LogP contribution >= 0.6 is 22.9 Å². The Morgan fingerprint density at radius 2 is 2.03 bits per heavy atom. The van der Waals surface area contributed by atoms with E-state index in [4.69, 9.17) is 18.2 Å². The highest BCUT2D eigenvalue weighted by Crippen LogP contribution is 2.47. The van der Waals surface area contributed by atoms with Crippen molar-refractivity contribution in [2.75, 3.05) is 0 Å². The number of fused-ring (bicyclic) bond motifs is 2. The van der Waals surface area contributed by atoms with E-state index < -0.39 is 0 Å². The lowest BCUT2D eigenvalue weighted by molar-refractivity contribution is 0.777. The lowest BCUT2D eigenvalue weighted by Crippen LogP contribution is -2.10. The van der Waals surface area contributed by atoms with Crippen molar-refractivity contribution < 1.29 is 0 Å². The molecule has 2 aromatic carbocycles. The molecule has 3 aromatic heterocycles. The third-order valence-corrected chi connectivity index (χ3v) is 6.80. The minimum absolute atomic E-state index is 0.207. The molecule has 152 valence electrons. The van der Waals surface area contributed by atoms with Gasteiger partial charge in [-0.15, -0.1) is 11.3 Å². The van der Waals surface area contributed by atoms with Crippen LogP contribution < -0.4 is 5.56 Å². The molecule has 31 heavy (non-hydrogen) atoms. The standard InChI is InChI=1S/C23H16ClN5OS/c1-4-18-15-9-12(5-7-14(15)23(30)28-27-18)17-11-26-29(3)21(17)22-20(25-2)16-10-13(24)6-8-19(16)31-22/h5-11H,4H2,1,3H3,(H,28,30). The third-order valence-electron chi connectivity index (χ3n) is 5.40. The molecule has 0 fully saturated rings. The summed E-state index contributed by atoms with van der Waals surface area (Å²) >= 11 is 7.74. The lowest BCUT2D eigenvalue weighted by Gasteiger charge is -2.08. The maximum Gasteiger partial charge on any atom is 0.272 e. The van der Waals surface area contributed by atoms with Gasteiger partial charge in [-0.1, -0.05) is 24.6 Å². The Labute approximate surface area is 186 Å². The Balaban J connectivity index is 1.79. The zero-order valence-corrected chi connectivity index (χ0v) is 18.3. The Bertz CT molecular complexity index is 1590. The Morgan fingerprint density at radius 3 is 2.81 bits per heavy atom. The van der Waals surface area contributed by atoms with Gasteiger partial charge in [-0.05, 0) is 42.3 Å². The molecule has 0 saturated carbocycles. The van der Waals surface area contributed by atoms with Gasteiger partial charge in [-0.2, -0.15) is 10.2 Å². The topological polar surface area (TPSA) is 67.9 Å². The first-order chi connectivity index (χ1) is 15.0. The number of aromatic amines is 1. The summed E-state index contributed by atoms with van der Waals surface area (Å²) in [5.74, 6) is 0. The van der Waals surface area contributed by atoms with E-state index in [-0.39, 0.29) is 5.56 Å². The normalized spacial score (nSPS) is 11.3. The van der Waals surface area contributed by atoms with Crippen LogP contribution in [-0.2, 0) is 13.5 Å². The fourth-order valence-electron chi connectivity index (χ4n) is 3.90. The minimum Gasteiger partial charge on any atom is -0.268 e. The monoisotopic (exact) mass is 445 g/mol. The van der Waals surface area contributed by atoms with E-state index in [2.05, 4.69) is 20.1 Å². The van der Waals surface area contributed by atoms with Crippen molar-refractivity contribution in [1.29, 1.82) is 0 Å². The van der Waals surface area contributed by atoms with Crippen LogP contribution in [0.4, 0.5) is 5.69 Å². The molecule has 0 aliphatic rings. The highest BCUT2D eigenvalue weighted by Gasteiger charge is 2.21. The molecule has 0 amide bonds. The maximum atomic E-state index is 12.2. The molecule has 0 spiro atoms. The zero-order chi connectivity index (χ0) is 21.7. The maximum absolute atomic E-state index is 12.2. The van der Waals surface area contributed by atoms with Crippen LogP contribution in [0.2, 0.25) is 5.02 Å². The highest BCUT2D eigenvalue weighted by atomic mass is 35.5. The summed E-state index contributed by atoms with van der Waals surface area (Å²) in [6.45, 7) is 9.81. The second kappa shape index (κ2) is 7.34. The number of hydrogen-bond acceptors (Lipinski definition) is 4. The van der Waals surface area contributed by atoms with Gasteiger partial charge in [-0.3, -0.25) is 9.48 Å². The first kappa shape index (κ1) is 19.5. The molecular formula is C23H16ClN5OS. The van der Waals surface area contributed by atoms with E-state index in [1.807, 2.05) is 50.4 Å². The number of nitrogens with one attached hydrogen (secondary N) is 1. The van der Waals surface area contributed by atoms with Gasteiger partial charge in [0.2, 0.25) is 5.69 Å². The number of aromatic nitrogens is 4. The molecule has 8 heteroatoms. The number of hydrogen-bond donors (Lipinski definition) is 1. The molecule has 0 bridgehead atoms. The number of nitrogens with zero attached hydrogens (tertiary/aromatic N) is 4. The molecule has 3 heterocycles. The number of H-pyrrole nitrogens is 1. The van der Waals surface area contributed by atoms with Crippen molar-refractivity contribution in [3.05, 3.63) is 75.1 Å². The van der Waals surface area contributed by atoms with Gasteiger partial charge in [0.15, 0.2) is 0 Å². The quantitative estimate of drug-likeness (QED) is 0.348. The molecule has 5 rings (SSSR count). The molecular weight excluding hydrogens is 430 g/mol. The third kappa shape index (κ3) is 3.03. The molecule has 0 aliphatic carbocycles. The fourth-order valence-corrected chi connectivity index (χ4v) is 5.29. The van der Waals surface area contributed by atoms with Crippen molar-refractivity contribution in [3.63, 3.8) is 0 Å². The smallest absolute Gasteiger partial charge is 0.268 e. The molecule has 0 atom stereocenters. The van der Waals surface area contributed by atoms with Crippen LogP contribution in [0.1, 0.15) is 12.6 Å². The number of rotatable bonds is 3. The number of halogens is 1. The summed E-state index contributed by atoms with van der Waals surface area (Å²) in [4.78, 5) is 16.9.